The number of anilines is 2. The lowest BCUT2D eigenvalue weighted by Crippen LogP contribution is -2.49. The van der Waals surface area contributed by atoms with Gasteiger partial charge >= 0.3 is 12.1 Å². The highest BCUT2D eigenvalue weighted by Gasteiger charge is 2.25. The average molecular weight is 946 g/mol. The van der Waals surface area contributed by atoms with Crippen LogP contribution in [0.5, 0.6) is 11.5 Å². The molecule has 362 valence electrons. The molecule has 69 heavy (non-hydrogen) atoms. The van der Waals surface area contributed by atoms with Crippen LogP contribution in [0.3, 0.4) is 0 Å². The number of aryl methyl sites for hydroxylation is 4. The molecule has 22 heteroatoms. The Labute approximate surface area is 397 Å². The molecule has 0 saturated carbocycles. The summed E-state index contributed by atoms with van der Waals surface area (Å²) < 4.78 is 23.8. The highest BCUT2D eigenvalue weighted by atomic mass is 16.6. The molecule has 0 unspecified atom stereocenters. The van der Waals surface area contributed by atoms with Crippen LogP contribution < -0.4 is 25.8 Å². The van der Waals surface area contributed by atoms with Crippen molar-refractivity contribution in [3.8, 4) is 23.3 Å². The van der Waals surface area contributed by atoms with Gasteiger partial charge in [-0.1, -0.05) is 24.0 Å². The number of amides is 4. The van der Waals surface area contributed by atoms with Gasteiger partial charge in [-0.05, 0) is 77.9 Å². The van der Waals surface area contributed by atoms with E-state index in [4.69, 9.17) is 24.9 Å². The lowest BCUT2D eigenvalue weighted by Gasteiger charge is -2.33. The highest BCUT2D eigenvalue weighted by Crippen LogP contribution is 2.33. The summed E-state index contributed by atoms with van der Waals surface area (Å²) in [5.74, 6) is 4.02. The smallest absolute Gasteiger partial charge is 0.410 e. The van der Waals surface area contributed by atoms with E-state index in [1.807, 2.05) is 27.7 Å². The molecule has 22 nitrogen and oxygen atoms in total. The summed E-state index contributed by atoms with van der Waals surface area (Å²) in [6.45, 7) is 14.7. The Morgan fingerprint density at radius 3 is 1.78 bits per heavy atom. The molecule has 0 bridgehead atoms. The number of carboxylic acid groups (broad SMARTS) is 1. The fourth-order valence-electron chi connectivity index (χ4n) is 7.86. The largest absolute Gasteiger partial charge is 0.494 e. The molecule has 7 rings (SSSR count). The summed E-state index contributed by atoms with van der Waals surface area (Å²) in [6.07, 6.45) is 3.07. The van der Waals surface area contributed by atoms with Gasteiger partial charge in [-0.15, -0.1) is 0 Å². The number of hydrogen-bond donors (Lipinski definition) is 4. The van der Waals surface area contributed by atoms with Crippen molar-refractivity contribution in [2.45, 2.75) is 73.8 Å². The van der Waals surface area contributed by atoms with Gasteiger partial charge in [-0.2, -0.15) is 10.2 Å². The zero-order valence-corrected chi connectivity index (χ0v) is 39.5. The molecule has 4 amide bonds. The number of imidazole rings is 2. The highest BCUT2D eigenvalue weighted by molar-refractivity contribution is 6.05. The van der Waals surface area contributed by atoms with Crippen molar-refractivity contribution >= 4 is 63.7 Å². The van der Waals surface area contributed by atoms with Gasteiger partial charge in [0.15, 0.2) is 0 Å². The first-order chi connectivity index (χ1) is 33.1. The van der Waals surface area contributed by atoms with Crippen LogP contribution in [-0.4, -0.2) is 136 Å². The Morgan fingerprint density at radius 1 is 0.768 bits per heavy atom. The van der Waals surface area contributed by atoms with Crippen LogP contribution in [0.25, 0.3) is 22.1 Å². The predicted molar refractivity (Wildman–Crippen MR) is 255 cm³/mol. The van der Waals surface area contributed by atoms with E-state index in [2.05, 4.69) is 42.6 Å². The number of carbonyl (C=O) groups excluding carboxylic acids is 4. The number of carbonyl (C=O) groups is 5. The number of aromatic nitrogens is 8. The maximum absolute atomic E-state index is 13.9. The minimum Gasteiger partial charge on any atom is -0.494 e. The third-order valence-corrected chi connectivity index (χ3v) is 11.1. The summed E-state index contributed by atoms with van der Waals surface area (Å²) in [5.41, 5.74) is 9.20. The molecule has 0 aliphatic carbocycles. The van der Waals surface area contributed by atoms with E-state index >= 15 is 0 Å². The van der Waals surface area contributed by atoms with E-state index in [0.29, 0.717) is 85.1 Å². The van der Waals surface area contributed by atoms with Crippen molar-refractivity contribution in [1.82, 2.24) is 48.5 Å². The Kier molecular flexibility index (Phi) is 15.0. The van der Waals surface area contributed by atoms with Crippen molar-refractivity contribution < 1.29 is 43.3 Å². The number of ether oxygens (including phenoxy) is 3. The fourth-order valence-corrected chi connectivity index (χ4v) is 7.86. The van der Waals surface area contributed by atoms with Crippen LogP contribution in [0.1, 0.15) is 80.8 Å². The second kappa shape index (κ2) is 21.2. The van der Waals surface area contributed by atoms with E-state index in [-0.39, 0.29) is 71.9 Å². The molecular weight excluding hydrogens is 891 g/mol. The molecule has 5 N–H and O–H groups in total. The van der Waals surface area contributed by atoms with E-state index < -0.39 is 23.7 Å². The van der Waals surface area contributed by atoms with Crippen molar-refractivity contribution in [2.24, 2.45) is 5.73 Å². The molecule has 4 aromatic heterocycles. The molecule has 0 atom stereocenters. The molecule has 1 aliphatic rings. The summed E-state index contributed by atoms with van der Waals surface area (Å²) in [4.78, 5) is 77.8. The van der Waals surface area contributed by atoms with Crippen LogP contribution in [0.15, 0.2) is 48.6 Å². The standard InChI is InChI=1S/C47H55N13O9/c1-8-59-35(22-29(5)53-59)42(62)51-45-50-34-25-32(44(64)65)27-37(67-7)39(34)57(45)15-10-11-16-58-40-33(49-46(58)52-43(63)36-23-30(6)54-60(36)9-2)24-31(41(48)61)26-38(40)68-21-13-12-14-55-17-19-56(20-18-55)47(66)69-28(3)4/h10-11,22-28H,8-9,14-21H2,1-7H3,(H2,48,61)(H,64,65)(H,49,52,63)(H,50,51,62). The molecular formula is C47H55N13O9. The van der Waals surface area contributed by atoms with Gasteiger partial charge in [0.1, 0.15) is 40.5 Å². The van der Waals surface area contributed by atoms with Crippen molar-refractivity contribution in [3.63, 3.8) is 0 Å². The lowest BCUT2D eigenvalue weighted by molar-refractivity contribution is 0.0593. The maximum atomic E-state index is 13.9. The molecule has 0 spiro atoms. The Morgan fingerprint density at radius 2 is 1.29 bits per heavy atom. The third kappa shape index (κ3) is 11.0. The SMILES string of the molecule is CCn1nc(C)cc1C(=O)Nc1nc2cc(C(=O)O)cc(OC)c2n1CC=CCn1c(NC(=O)c2cc(C)nn2CC)nc2cc(C(N)=O)cc(OCC#CCN3CCN(C(=O)OC(C)C)CC3)c21. The van der Waals surface area contributed by atoms with E-state index in [1.165, 1.54) is 31.4 Å². The van der Waals surface area contributed by atoms with Gasteiger partial charge in [0.05, 0.1) is 47.7 Å². The molecule has 6 aromatic rings. The normalized spacial score (nSPS) is 13.0. The van der Waals surface area contributed by atoms with Gasteiger partial charge in [0, 0.05) is 57.9 Å². The van der Waals surface area contributed by atoms with Gasteiger partial charge in [0.2, 0.25) is 17.8 Å². The minimum absolute atomic E-state index is 0.0556. The number of rotatable bonds is 17. The third-order valence-electron chi connectivity index (χ3n) is 11.1. The first-order valence-corrected chi connectivity index (χ1v) is 22.4. The van der Waals surface area contributed by atoms with Crippen molar-refractivity contribution in [1.29, 1.82) is 0 Å². The monoisotopic (exact) mass is 945 g/mol. The number of piperazine rings is 1. The van der Waals surface area contributed by atoms with Gasteiger partial charge in [-0.25, -0.2) is 19.6 Å². The first-order valence-electron chi connectivity index (χ1n) is 22.4. The summed E-state index contributed by atoms with van der Waals surface area (Å²) >= 11 is 0. The number of nitrogens with two attached hydrogens (primary N) is 1. The molecule has 5 heterocycles. The summed E-state index contributed by atoms with van der Waals surface area (Å²) in [5, 5.41) is 24.5. The van der Waals surface area contributed by atoms with Crippen LogP contribution in [0.4, 0.5) is 16.7 Å². The van der Waals surface area contributed by atoms with Crippen LogP contribution >= 0.6 is 0 Å². The van der Waals surface area contributed by atoms with Crippen LogP contribution in [-0.2, 0) is 30.9 Å². The number of methoxy groups -OCH3 is 1. The van der Waals surface area contributed by atoms with E-state index in [0.717, 1.165) is 0 Å². The molecule has 1 saturated heterocycles. The number of allylic oxidation sites excluding steroid dienone is 2. The van der Waals surface area contributed by atoms with Gasteiger partial charge in [0.25, 0.3) is 11.8 Å². The zero-order chi connectivity index (χ0) is 49.5. The van der Waals surface area contributed by atoms with Gasteiger partial charge in [-0.3, -0.25) is 39.3 Å². The fraction of sp³-hybridized carbons (Fsp3) is 0.383. The number of carboxylic acids is 1. The Hall–Kier alpha value is -8.19. The number of benzene rings is 2. The number of nitrogens with one attached hydrogen (secondary N) is 2. The number of hydrogen-bond acceptors (Lipinski definition) is 13. The number of nitrogens with zero attached hydrogens (tertiary/aromatic N) is 10. The second-order valence-electron chi connectivity index (χ2n) is 16.3. The van der Waals surface area contributed by atoms with Crippen LogP contribution in [0, 0.1) is 25.7 Å². The molecule has 0 radical (unpaired) electrons. The zero-order valence-electron chi connectivity index (χ0n) is 39.5. The minimum atomic E-state index is -1.18. The average Bonchev–Trinajstić information content (AvgIpc) is 4.09. The quantitative estimate of drug-likeness (QED) is 0.0723. The Bertz CT molecular complexity index is 3030. The van der Waals surface area contributed by atoms with Crippen molar-refractivity contribution in [2.75, 3.05) is 57.1 Å². The number of aromatic carboxylic acids is 1. The lowest BCUT2D eigenvalue weighted by atomic mass is 10.1. The molecule has 2 aromatic carbocycles. The predicted octanol–water partition coefficient (Wildman–Crippen LogP) is 4.55. The van der Waals surface area contributed by atoms with Crippen molar-refractivity contribution in [3.05, 3.63) is 82.5 Å². The van der Waals surface area contributed by atoms with Crippen LogP contribution in [0.2, 0.25) is 0 Å². The summed E-state index contributed by atoms with van der Waals surface area (Å²) in [7, 11) is 1.41. The topological polar surface area (TPSA) is 261 Å². The van der Waals surface area contributed by atoms with E-state index in [1.54, 1.807) is 61.5 Å². The maximum Gasteiger partial charge on any atom is 0.410 e. The Balaban J connectivity index is 1.20. The van der Waals surface area contributed by atoms with Gasteiger partial charge < -0.3 is 39.1 Å². The molecule has 1 aliphatic heterocycles. The van der Waals surface area contributed by atoms with E-state index in [9.17, 15) is 29.1 Å². The number of fused-ring (bicyclic) bond motifs is 2. The number of primary amides is 1. The summed E-state index contributed by atoms with van der Waals surface area (Å²) in [6, 6.07) is 9.12. The second-order valence-corrected chi connectivity index (χ2v) is 16.3. The molecule has 1 fully saturated rings. The first kappa shape index (κ1) is 48.7.